The van der Waals surface area contributed by atoms with Gasteiger partial charge in [0, 0.05) is 42.5 Å². The summed E-state index contributed by atoms with van der Waals surface area (Å²) in [7, 11) is 3.27. The number of ether oxygens (including phenoxy) is 3. The first-order valence-corrected chi connectivity index (χ1v) is 11.6. The van der Waals surface area contributed by atoms with Crippen LogP contribution >= 0.6 is 0 Å². The third-order valence-corrected chi connectivity index (χ3v) is 7.28. The van der Waals surface area contributed by atoms with Gasteiger partial charge in [0.05, 0.1) is 14.2 Å². The van der Waals surface area contributed by atoms with E-state index in [1.54, 1.807) is 20.3 Å². The second-order valence-corrected chi connectivity index (χ2v) is 9.10. The summed E-state index contributed by atoms with van der Waals surface area (Å²) in [6, 6.07) is 10.0. The monoisotopic (exact) mass is 437 g/mol. The zero-order chi connectivity index (χ0) is 22.2. The molecular formula is C26H31NO5. The number of fused-ring (bicyclic) bond motifs is 9. The Kier molecular flexibility index (Phi) is 5.72. The summed E-state index contributed by atoms with van der Waals surface area (Å²) in [5.41, 5.74) is 3.65. The standard InChI is InChI=1S/C26H31NO5/c1-30-23-10-8-19-21-15-18(14-17-5-3-4-12-27(17)21)32-24(29)11-7-16-6-9-22(28)20(13-16)25(19)26(23)31-2/h6,8-10,13,17-18,21,28H,3-5,7,11-12,14-15H2,1-2H3/t17-,18+,21-/m0/s1. The van der Waals surface area contributed by atoms with Gasteiger partial charge in [-0.1, -0.05) is 18.6 Å². The van der Waals surface area contributed by atoms with Crippen LogP contribution in [-0.4, -0.2) is 48.9 Å². The lowest BCUT2D eigenvalue weighted by Crippen LogP contribution is -2.49. The van der Waals surface area contributed by atoms with Gasteiger partial charge in [-0.15, -0.1) is 0 Å². The van der Waals surface area contributed by atoms with Crippen LogP contribution in [0.4, 0.5) is 0 Å². The fraction of sp³-hybridized carbons (Fsp3) is 0.500. The number of methoxy groups -OCH3 is 2. The van der Waals surface area contributed by atoms with E-state index < -0.39 is 0 Å². The lowest BCUT2D eigenvalue weighted by molar-refractivity contribution is -0.154. The van der Waals surface area contributed by atoms with E-state index in [-0.39, 0.29) is 23.9 Å². The van der Waals surface area contributed by atoms with Crippen molar-refractivity contribution in [1.29, 1.82) is 0 Å². The average Bonchev–Trinajstić information content (AvgIpc) is 2.81. The van der Waals surface area contributed by atoms with Gasteiger partial charge in [0.1, 0.15) is 11.9 Å². The molecule has 2 fully saturated rings. The van der Waals surface area contributed by atoms with Crippen LogP contribution in [0.15, 0.2) is 30.3 Å². The van der Waals surface area contributed by atoms with E-state index in [9.17, 15) is 9.90 Å². The lowest BCUT2D eigenvalue weighted by atomic mass is 9.81. The second kappa shape index (κ2) is 8.66. The molecule has 2 saturated heterocycles. The molecule has 6 nitrogen and oxygen atoms in total. The molecule has 3 heterocycles. The van der Waals surface area contributed by atoms with Crippen molar-refractivity contribution in [3.05, 3.63) is 41.5 Å². The zero-order valence-corrected chi connectivity index (χ0v) is 18.8. The van der Waals surface area contributed by atoms with Crippen LogP contribution in [0, 0.1) is 0 Å². The van der Waals surface area contributed by atoms with E-state index in [2.05, 4.69) is 11.0 Å². The van der Waals surface area contributed by atoms with Gasteiger partial charge in [0.15, 0.2) is 11.5 Å². The van der Waals surface area contributed by atoms with E-state index in [1.807, 2.05) is 18.2 Å². The van der Waals surface area contributed by atoms with Crippen LogP contribution in [-0.2, 0) is 16.0 Å². The largest absolute Gasteiger partial charge is 0.507 e. The maximum Gasteiger partial charge on any atom is 0.306 e. The molecule has 4 bridgehead atoms. The number of piperidine rings is 2. The molecule has 3 atom stereocenters. The fourth-order valence-corrected chi connectivity index (χ4v) is 5.80. The summed E-state index contributed by atoms with van der Waals surface area (Å²) in [6.45, 7) is 1.02. The smallest absolute Gasteiger partial charge is 0.306 e. The number of phenolic OH excluding ortho intramolecular Hbond substituents is 1. The van der Waals surface area contributed by atoms with Crippen molar-refractivity contribution in [3.8, 4) is 28.4 Å². The number of nitrogens with zero attached hydrogens (tertiary/aromatic N) is 1. The second-order valence-electron chi connectivity index (χ2n) is 9.10. The Labute approximate surface area is 189 Å². The Morgan fingerprint density at radius 2 is 1.94 bits per heavy atom. The van der Waals surface area contributed by atoms with Crippen molar-refractivity contribution in [2.24, 2.45) is 0 Å². The number of phenols is 1. The van der Waals surface area contributed by atoms with Crippen LogP contribution in [0.3, 0.4) is 0 Å². The van der Waals surface area contributed by atoms with Gasteiger partial charge < -0.3 is 19.3 Å². The minimum atomic E-state index is -0.138. The minimum Gasteiger partial charge on any atom is -0.507 e. The topological polar surface area (TPSA) is 68.2 Å². The molecule has 3 aliphatic heterocycles. The Balaban J connectivity index is 1.75. The van der Waals surface area contributed by atoms with Gasteiger partial charge in [-0.2, -0.15) is 0 Å². The molecule has 0 amide bonds. The highest BCUT2D eigenvalue weighted by molar-refractivity contribution is 5.82. The molecule has 2 aromatic carbocycles. The third kappa shape index (κ3) is 3.71. The third-order valence-electron chi connectivity index (χ3n) is 7.28. The van der Waals surface area contributed by atoms with Crippen LogP contribution in [0.25, 0.3) is 11.1 Å². The first kappa shape index (κ1) is 21.1. The molecule has 0 aromatic heterocycles. The van der Waals surface area contributed by atoms with Gasteiger partial charge in [-0.3, -0.25) is 9.69 Å². The summed E-state index contributed by atoms with van der Waals surface area (Å²) in [4.78, 5) is 15.2. The van der Waals surface area contributed by atoms with E-state index in [1.165, 1.54) is 12.8 Å². The SMILES string of the molecule is COc1ccc2c(c1OC)-c1cc(ccc1O)CCC(=O)O[C@@H]1C[C@@H]3CCCCN3[C@H]2C1. The first-order chi connectivity index (χ1) is 15.6. The number of aromatic hydroxyl groups is 1. The average molecular weight is 438 g/mol. The predicted octanol–water partition coefficient (Wildman–Crippen LogP) is 4.62. The molecular weight excluding hydrogens is 406 g/mol. The van der Waals surface area contributed by atoms with Gasteiger partial charge >= 0.3 is 5.97 Å². The van der Waals surface area contributed by atoms with Crippen LogP contribution in [0.1, 0.15) is 55.7 Å². The van der Waals surface area contributed by atoms with Crippen molar-refractivity contribution in [1.82, 2.24) is 4.90 Å². The molecule has 6 heteroatoms. The number of carbonyl (C=O) groups excluding carboxylic acids is 1. The Bertz CT molecular complexity index is 1020. The maximum absolute atomic E-state index is 12.6. The van der Waals surface area contributed by atoms with Gasteiger partial charge in [0.25, 0.3) is 0 Å². The van der Waals surface area contributed by atoms with Crippen LogP contribution in [0.5, 0.6) is 17.2 Å². The summed E-state index contributed by atoms with van der Waals surface area (Å²) >= 11 is 0. The number of hydrogen-bond donors (Lipinski definition) is 1. The molecule has 170 valence electrons. The predicted molar refractivity (Wildman–Crippen MR) is 121 cm³/mol. The number of carbonyl (C=O) groups is 1. The van der Waals surface area contributed by atoms with Gasteiger partial charge in [-0.05, 0) is 55.1 Å². The number of aryl methyl sites for hydroxylation is 1. The molecule has 32 heavy (non-hydrogen) atoms. The zero-order valence-electron chi connectivity index (χ0n) is 18.8. The number of rotatable bonds is 2. The molecule has 2 aromatic rings. The van der Waals surface area contributed by atoms with Crippen LogP contribution in [0.2, 0.25) is 0 Å². The van der Waals surface area contributed by atoms with Crippen molar-refractivity contribution in [3.63, 3.8) is 0 Å². The minimum absolute atomic E-state index is 0.0733. The molecule has 1 N–H and O–H groups in total. The fourth-order valence-electron chi connectivity index (χ4n) is 5.80. The Morgan fingerprint density at radius 3 is 2.75 bits per heavy atom. The van der Waals surface area contributed by atoms with Gasteiger partial charge in [0.2, 0.25) is 0 Å². The molecule has 0 saturated carbocycles. The highest BCUT2D eigenvalue weighted by atomic mass is 16.5. The highest BCUT2D eigenvalue weighted by Crippen LogP contribution is 2.50. The van der Waals surface area contributed by atoms with E-state index in [0.717, 1.165) is 48.1 Å². The molecule has 0 radical (unpaired) electrons. The number of benzene rings is 2. The Hall–Kier alpha value is -2.73. The molecule has 0 unspecified atom stereocenters. The van der Waals surface area contributed by atoms with E-state index in [0.29, 0.717) is 30.4 Å². The van der Waals surface area contributed by atoms with E-state index >= 15 is 0 Å². The molecule has 5 rings (SSSR count). The van der Waals surface area contributed by atoms with Crippen molar-refractivity contribution in [2.75, 3.05) is 20.8 Å². The number of hydrogen-bond acceptors (Lipinski definition) is 6. The quantitative estimate of drug-likeness (QED) is 0.692. The lowest BCUT2D eigenvalue weighted by Gasteiger charge is -2.48. The Morgan fingerprint density at radius 1 is 1.06 bits per heavy atom. The van der Waals surface area contributed by atoms with E-state index in [4.69, 9.17) is 14.2 Å². The molecule has 0 spiro atoms. The van der Waals surface area contributed by atoms with Crippen molar-refractivity contribution >= 4 is 5.97 Å². The van der Waals surface area contributed by atoms with Gasteiger partial charge in [-0.25, -0.2) is 0 Å². The van der Waals surface area contributed by atoms with Crippen molar-refractivity contribution in [2.45, 2.75) is 63.1 Å². The summed E-state index contributed by atoms with van der Waals surface area (Å²) in [5.74, 6) is 1.32. The normalized spacial score (nSPS) is 25.4. The summed E-state index contributed by atoms with van der Waals surface area (Å²) < 4.78 is 17.5. The summed E-state index contributed by atoms with van der Waals surface area (Å²) in [5, 5.41) is 10.9. The first-order valence-electron chi connectivity index (χ1n) is 11.6. The highest BCUT2D eigenvalue weighted by Gasteiger charge is 2.41. The van der Waals surface area contributed by atoms with Crippen LogP contribution < -0.4 is 9.47 Å². The van der Waals surface area contributed by atoms with Crippen molar-refractivity contribution < 1.29 is 24.1 Å². The molecule has 3 aliphatic rings. The molecule has 0 aliphatic carbocycles. The maximum atomic E-state index is 12.6. The summed E-state index contributed by atoms with van der Waals surface area (Å²) in [6.07, 6.45) is 5.93. The number of esters is 1.